The lowest BCUT2D eigenvalue weighted by Crippen LogP contribution is -2.60. The Bertz CT molecular complexity index is 1120. The Balaban J connectivity index is 2.16. The summed E-state index contributed by atoms with van der Waals surface area (Å²) in [5.74, 6) is -0.154. The predicted molar refractivity (Wildman–Crippen MR) is 286 cm³/mol. The largest absolute Gasteiger partial charge is 0.394 e. The first-order chi connectivity index (χ1) is 33.3. The Morgan fingerprint density at radius 3 is 1.28 bits per heavy atom. The first kappa shape index (κ1) is 64.7. The summed E-state index contributed by atoms with van der Waals surface area (Å²) in [4.78, 5) is 13.0. The molecular weight excluding hydrogens is 851 g/mol. The number of hydrogen-bond acceptors (Lipinski definition) is 8. The van der Waals surface area contributed by atoms with E-state index in [4.69, 9.17) is 9.47 Å². The smallest absolute Gasteiger partial charge is 0.220 e. The maximum Gasteiger partial charge on any atom is 0.220 e. The summed E-state index contributed by atoms with van der Waals surface area (Å²) in [7, 11) is 0. The van der Waals surface area contributed by atoms with Crippen molar-refractivity contribution in [3.63, 3.8) is 0 Å². The number of aliphatic hydroxyl groups is 5. The van der Waals surface area contributed by atoms with Crippen molar-refractivity contribution >= 4 is 5.91 Å². The fraction of sp³-hybridized carbons (Fsp3) is 0.915. The molecule has 0 radical (unpaired) electrons. The molecule has 68 heavy (non-hydrogen) atoms. The molecule has 1 aliphatic rings. The van der Waals surface area contributed by atoms with Crippen LogP contribution in [0.1, 0.15) is 290 Å². The van der Waals surface area contributed by atoms with E-state index in [1.54, 1.807) is 0 Å². The number of aliphatic hydroxyl groups excluding tert-OH is 5. The molecule has 7 atom stereocenters. The van der Waals surface area contributed by atoms with Crippen molar-refractivity contribution in [3.8, 4) is 0 Å². The summed E-state index contributed by atoms with van der Waals surface area (Å²) in [6.45, 7) is 3.84. The third-order valence-electron chi connectivity index (χ3n) is 14.3. The zero-order valence-electron chi connectivity index (χ0n) is 44.6. The summed E-state index contributed by atoms with van der Waals surface area (Å²) in [5.41, 5.74) is 0. The van der Waals surface area contributed by atoms with Gasteiger partial charge in [0.2, 0.25) is 5.91 Å². The summed E-state index contributed by atoms with van der Waals surface area (Å²) in [5, 5.41) is 54.7. The quantitative estimate of drug-likeness (QED) is 0.0261. The molecule has 0 saturated carbocycles. The molecule has 1 rings (SSSR count). The first-order valence-corrected chi connectivity index (χ1v) is 29.5. The van der Waals surface area contributed by atoms with Gasteiger partial charge >= 0.3 is 0 Å². The molecule has 7 unspecified atom stereocenters. The van der Waals surface area contributed by atoms with Crippen LogP contribution in [0.4, 0.5) is 0 Å². The Hall–Kier alpha value is -1.33. The van der Waals surface area contributed by atoms with Crippen LogP contribution in [0.2, 0.25) is 0 Å². The van der Waals surface area contributed by atoms with Crippen LogP contribution in [-0.4, -0.2) is 87.5 Å². The number of allylic oxidation sites excluding steroid dienone is 4. The van der Waals surface area contributed by atoms with Crippen LogP contribution >= 0.6 is 0 Å². The second kappa shape index (κ2) is 49.3. The molecule has 1 saturated heterocycles. The molecule has 0 aromatic rings. The third-order valence-corrected chi connectivity index (χ3v) is 14.3. The maximum atomic E-state index is 13.0. The van der Waals surface area contributed by atoms with Gasteiger partial charge in [-0.2, -0.15) is 0 Å². The van der Waals surface area contributed by atoms with Crippen molar-refractivity contribution < 1.29 is 39.8 Å². The standard InChI is InChI=1S/C59H113NO8/c1-3-5-7-9-11-13-15-17-19-21-22-23-24-25-26-27-28-29-30-31-32-33-34-36-38-40-42-44-46-48-53(62)52(51-67-59-58(66)57(65)56(64)54(50-61)68-59)60-55(63)49-47-45-43-41-39-37-35-20-18-16-14-12-10-8-6-4-2/h14,16,20,35,52-54,56-59,61-62,64-66H,3-13,15,17-19,21-34,36-51H2,1-2H3,(H,60,63)/b16-14-,35-20-. The molecule has 1 heterocycles. The van der Waals surface area contributed by atoms with Gasteiger partial charge in [0.05, 0.1) is 25.4 Å². The number of ether oxygens (including phenoxy) is 2. The highest BCUT2D eigenvalue weighted by Crippen LogP contribution is 2.23. The van der Waals surface area contributed by atoms with Crippen molar-refractivity contribution in [1.82, 2.24) is 5.32 Å². The Kier molecular flexibility index (Phi) is 46.9. The first-order valence-electron chi connectivity index (χ1n) is 29.5. The molecule has 9 heteroatoms. The van der Waals surface area contributed by atoms with Crippen molar-refractivity contribution in [2.24, 2.45) is 0 Å². The zero-order chi connectivity index (χ0) is 49.4. The van der Waals surface area contributed by atoms with Gasteiger partial charge in [-0.05, 0) is 44.9 Å². The van der Waals surface area contributed by atoms with Gasteiger partial charge in [-0.1, -0.05) is 263 Å². The molecule has 6 N–H and O–H groups in total. The number of carbonyl (C=O) groups excluding carboxylic acids is 1. The van der Waals surface area contributed by atoms with Crippen LogP contribution in [0, 0.1) is 0 Å². The number of unbranched alkanes of at least 4 members (excludes halogenated alkanes) is 37. The third kappa shape index (κ3) is 38.4. The van der Waals surface area contributed by atoms with E-state index in [1.165, 1.54) is 199 Å². The predicted octanol–water partition coefficient (Wildman–Crippen LogP) is 14.6. The highest BCUT2D eigenvalue weighted by Gasteiger charge is 2.44. The highest BCUT2D eigenvalue weighted by atomic mass is 16.7. The minimum atomic E-state index is -1.56. The number of rotatable bonds is 51. The van der Waals surface area contributed by atoms with Gasteiger partial charge in [0, 0.05) is 6.42 Å². The van der Waals surface area contributed by atoms with E-state index >= 15 is 0 Å². The van der Waals surface area contributed by atoms with Crippen molar-refractivity contribution in [2.45, 2.75) is 333 Å². The monoisotopic (exact) mass is 964 g/mol. The van der Waals surface area contributed by atoms with Crippen LogP contribution < -0.4 is 5.32 Å². The normalized spacial score (nSPS) is 19.7. The van der Waals surface area contributed by atoms with E-state index < -0.39 is 49.5 Å². The van der Waals surface area contributed by atoms with E-state index in [0.717, 1.165) is 64.2 Å². The van der Waals surface area contributed by atoms with E-state index in [2.05, 4.69) is 43.5 Å². The summed E-state index contributed by atoms with van der Waals surface area (Å²) >= 11 is 0. The fourth-order valence-corrected chi connectivity index (χ4v) is 9.61. The Morgan fingerprint density at radius 2 is 0.868 bits per heavy atom. The van der Waals surface area contributed by atoms with E-state index in [0.29, 0.717) is 12.8 Å². The SMILES string of the molecule is CCCCCC/C=C\C/C=C\CCCCCCCC(=O)NC(COC1OC(CO)C(O)C(O)C1O)C(O)CCCCCCCCCCCCCCCCCCCCCCCCCCCCCCC. The molecule has 1 aliphatic heterocycles. The van der Waals surface area contributed by atoms with Crippen LogP contribution in [0.25, 0.3) is 0 Å². The van der Waals surface area contributed by atoms with Crippen LogP contribution in [0.5, 0.6) is 0 Å². The molecule has 1 amide bonds. The molecule has 0 spiro atoms. The Labute approximate surface area is 419 Å². The zero-order valence-corrected chi connectivity index (χ0v) is 44.6. The number of carbonyl (C=O) groups is 1. The second-order valence-corrected chi connectivity index (χ2v) is 20.8. The maximum absolute atomic E-state index is 13.0. The van der Waals surface area contributed by atoms with Gasteiger partial charge in [-0.15, -0.1) is 0 Å². The van der Waals surface area contributed by atoms with Crippen LogP contribution in [0.3, 0.4) is 0 Å². The average molecular weight is 965 g/mol. The van der Waals surface area contributed by atoms with E-state index in [9.17, 15) is 30.3 Å². The van der Waals surface area contributed by atoms with Gasteiger partial charge in [0.25, 0.3) is 0 Å². The summed E-state index contributed by atoms with van der Waals surface area (Å²) < 4.78 is 11.3. The molecule has 0 aliphatic carbocycles. The molecule has 1 fully saturated rings. The van der Waals surface area contributed by atoms with Gasteiger partial charge < -0.3 is 40.3 Å². The highest BCUT2D eigenvalue weighted by molar-refractivity contribution is 5.76. The lowest BCUT2D eigenvalue weighted by molar-refractivity contribution is -0.302. The fourth-order valence-electron chi connectivity index (χ4n) is 9.61. The van der Waals surface area contributed by atoms with Crippen molar-refractivity contribution in [2.75, 3.05) is 13.2 Å². The molecule has 9 nitrogen and oxygen atoms in total. The molecule has 0 aromatic carbocycles. The lowest BCUT2D eigenvalue weighted by atomic mass is 9.99. The topological polar surface area (TPSA) is 149 Å². The number of nitrogens with one attached hydrogen (secondary N) is 1. The molecule has 0 bridgehead atoms. The second-order valence-electron chi connectivity index (χ2n) is 20.8. The molecule has 402 valence electrons. The van der Waals surface area contributed by atoms with Crippen molar-refractivity contribution in [3.05, 3.63) is 24.3 Å². The minimum Gasteiger partial charge on any atom is -0.394 e. The van der Waals surface area contributed by atoms with E-state index in [1.807, 2.05) is 0 Å². The number of hydrogen-bond donors (Lipinski definition) is 6. The van der Waals surface area contributed by atoms with Gasteiger partial charge in [0.15, 0.2) is 6.29 Å². The summed E-state index contributed by atoms with van der Waals surface area (Å²) in [6, 6.07) is -0.726. The minimum absolute atomic E-state index is 0.141. The van der Waals surface area contributed by atoms with Gasteiger partial charge in [-0.3, -0.25) is 4.79 Å². The molecule has 0 aromatic heterocycles. The van der Waals surface area contributed by atoms with Crippen molar-refractivity contribution in [1.29, 1.82) is 0 Å². The summed E-state index contributed by atoms with van der Waals surface area (Å²) in [6.07, 6.45) is 55.0. The lowest BCUT2D eigenvalue weighted by Gasteiger charge is -2.40. The van der Waals surface area contributed by atoms with Gasteiger partial charge in [0.1, 0.15) is 24.4 Å². The van der Waals surface area contributed by atoms with E-state index in [-0.39, 0.29) is 12.5 Å². The Morgan fingerprint density at radius 1 is 0.500 bits per heavy atom. The van der Waals surface area contributed by atoms with Crippen LogP contribution in [0.15, 0.2) is 24.3 Å². The van der Waals surface area contributed by atoms with Crippen LogP contribution in [-0.2, 0) is 14.3 Å². The van der Waals surface area contributed by atoms with Gasteiger partial charge in [-0.25, -0.2) is 0 Å². The average Bonchev–Trinajstić information content (AvgIpc) is 3.34. The number of amides is 1. The molecular formula is C59H113NO8.